The topological polar surface area (TPSA) is 0 Å². The van der Waals surface area contributed by atoms with Crippen molar-refractivity contribution in [2.24, 2.45) is 0 Å². The summed E-state index contributed by atoms with van der Waals surface area (Å²) in [6, 6.07) is 0. The largest absolute Gasteiger partial charge is 0.0743 e. The third-order valence-electron chi connectivity index (χ3n) is 5.96. The average molecular weight is 291 g/mol. The van der Waals surface area contributed by atoms with Crippen LogP contribution in [0.15, 0.2) is 0 Å². The Morgan fingerprint density at radius 2 is 1.20 bits per heavy atom. The zero-order valence-electron chi connectivity index (χ0n) is 12.1. The number of hydrogen-bond donors (Lipinski definition) is 0. The van der Waals surface area contributed by atoms with Crippen molar-refractivity contribution < 1.29 is 0 Å². The molecule has 0 aliphatic carbocycles. The Labute approximate surface area is 102 Å². The summed E-state index contributed by atoms with van der Waals surface area (Å²) in [5, 5.41) is 0. The van der Waals surface area contributed by atoms with Crippen LogP contribution in [0.2, 0.25) is 63.7 Å². The fraction of sp³-hybridized carbons (Fsp3) is 1.00. The van der Waals surface area contributed by atoms with E-state index >= 15 is 0 Å². The molecule has 1 saturated heterocycles. The van der Waals surface area contributed by atoms with Crippen LogP contribution < -0.4 is 0 Å². The predicted octanol–water partition coefficient (Wildman–Crippen LogP) is 3.15. The molecule has 0 saturated carbocycles. The number of hydrogen-bond acceptors (Lipinski definition) is 0. The van der Waals surface area contributed by atoms with Gasteiger partial charge in [-0.25, -0.2) is 0 Å². The van der Waals surface area contributed by atoms with Gasteiger partial charge in [0.05, 0.1) is 0 Å². The molecule has 0 aromatic heterocycles. The van der Waals surface area contributed by atoms with E-state index in [0.717, 1.165) is 0 Å². The molecule has 0 aromatic carbocycles. The van der Waals surface area contributed by atoms with E-state index in [-0.39, 0.29) is 16.6 Å². The van der Waals surface area contributed by atoms with Crippen LogP contribution in [0, 0.1) is 0 Å². The molecule has 0 bridgehead atoms. The third kappa shape index (κ3) is 2.51. The maximum absolute atomic E-state index is 2.77. The first kappa shape index (κ1) is 14.1. The first-order valence-electron chi connectivity index (χ1n) is 6.51. The summed E-state index contributed by atoms with van der Waals surface area (Å²) in [6.45, 7) is 22.0. The lowest BCUT2D eigenvalue weighted by Crippen LogP contribution is -2.63. The predicted molar refractivity (Wildman–Crippen MR) is 88.1 cm³/mol. The minimum absolute atomic E-state index is 0.324. The van der Waals surface area contributed by atoms with Gasteiger partial charge in [0.2, 0.25) is 0 Å². The van der Waals surface area contributed by atoms with E-state index in [2.05, 4.69) is 52.4 Å². The molecular weight excluding hydrogens is 261 g/mol. The van der Waals surface area contributed by atoms with E-state index in [9.17, 15) is 0 Å². The van der Waals surface area contributed by atoms with Crippen molar-refractivity contribution in [2.45, 2.75) is 63.7 Å². The fourth-order valence-electron chi connectivity index (χ4n) is 3.22. The van der Waals surface area contributed by atoms with Crippen LogP contribution in [-0.2, 0) is 0 Å². The van der Waals surface area contributed by atoms with Crippen LogP contribution >= 0.6 is 0 Å². The van der Waals surface area contributed by atoms with Crippen molar-refractivity contribution in [1.82, 2.24) is 0 Å². The minimum Gasteiger partial charge on any atom is -0.0743 e. The molecule has 90 valence electrons. The van der Waals surface area contributed by atoms with Crippen LogP contribution in [-0.4, -0.2) is 38.9 Å². The molecule has 0 N–H and O–H groups in total. The smallest absolute Gasteiger partial charge is 0.0353 e. The van der Waals surface area contributed by atoms with Crippen LogP contribution in [0.3, 0.4) is 0 Å². The Balaban J connectivity index is 3.09. The zero-order valence-corrected chi connectivity index (χ0v) is 17.4. The first-order chi connectivity index (χ1) is 6.51. The second kappa shape index (κ2) is 4.08. The highest BCUT2D eigenvalue weighted by Gasteiger charge is 2.51. The van der Waals surface area contributed by atoms with Gasteiger partial charge in [-0.1, -0.05) is 63.7 Å². The highest BCUT2D eigenvalue weighted by atomic mass is 29.6. The van der Waals surface area contributed by atoms with Gasteiger partial charge in [0.15, 0.2) is 0 Å². The molecule has 1 rings (SSSR count). The fourth-order valence-corrected chi connectivity index (χ4v) is 84.0. The van der Waals surface area contributed by atoms with Gasteiger partial charge < -0.3 is 0 Å². The first-order valence-corrected chi connectivity index (χ1v) is 24.5. The average Bonchev–Trinajstić information content (AvgIpc) is 2.03. The standard InChI is InChI=1S/C10H30Si5/c1-11-10-14(5,6)15(7,8)12(2)9-13(11,3)4/h11-12H,9-10H2,1-8H3. The molecule has 0 aromatic rings. The van der Waals surface area contributed by atoms with Gasteiger partial charge in [-0.3, -0.25) is 0 Å². The summed E-state index contributed by atoms with van der Waals surface area (Å²) < 4.78 is 0. The molecule has 0 nitrogen and oxygen atoms in total. The second-order valence-corrected chi connectivity index (χ2v) is 50.5. The van der Waals surface area contributed by atoms with Gasteiger partial charge in [-0.2, -0.15) is 0 Å². The van der Waals surface area contributed by atoms with Gasteiger partial charge in [-0.05, 0) is 0 Å². The molecule has 2 atom stereocenters. The summed E-state index contributed by atoms with van der Waals surface area (Å²) in [4.78, 5) is 0. The maximum Gasteiger partial charge on any atom is 0.0353 e. The lowest BCUT2D eigenvalue weighted by molar-refractivity contribution is 1.66. The summed E-state index contributed by atoms with van der Waals surface area (Å²) in [5.41, 5.74) is 3.60. The molecular formula is C10H30Si5. The Bertz CT molecular complexity index is 246. The van der Waals surface area contributed by atoms with Gasteiger partial charge in [0.25, 0.3) is 0 Å². The molecule has 2 unspecified atom stereocenters. The van der Waals surface area contributed by atoms with Gasteiger partial charge in [0.1, 0.15) is 0 Å². The molecule has 1 fully saturated rings. The lowest BCUT2D eigenvalue weighted by atomic mass is 11.8. The van der Waals surface area contributed by atoms with Crippen molar-refractivity contribution in [2.75, 3.05) is 0 Å². The van der Waals surface area contributed by atoms with Crippen LogP contribution in [0.1, 0.15) is 0 Å². The van der Waals surface area contributed by atoms with Crippen molar-refractivity contribution in [3.63, 3.8) is 0 Å². The molecule has 1 heterocycles. The third-order valence-corrected chi connectivity index (χ3v) is 72.7. The van der Waals surface area contributed by atoms with E-state index in [1.807, 2.05) is 0 Å². The SMILES string of the molecule is C[SiH]1C[Si](C)(C)[Si](C)(C)[SiH](C)C[Si]1(C)C. The zero-order chi connectivity index (χ0) is 12.1. The van der Waals surface area contributed by atoms with Crippen molar-refractivity contribution in [1.29, 1.82) is 0 Å². The van der Waals surface area contributed by atoms with E-state index < -0.39 is 22.3 Å². The van der Waals surface area contributed by atoms with Crippen LogP contribution in [0.25, 0.3) is 0 Å². The van der Waals surface area contributed by atoms with E-state index in [1.165, 1.54) is 0 Å². The molecule has 5 heteroatoms. The maximum atomic E-state index is 2.77. The molecule has 1 aliphatic heterocycles. The molecule has 0 radical (unpaired) electrons. The van der Waals surface area contributed by atoms with Gasteiger partial charge >= 0.3 is 0 Å². The summed E-state index contributed by atoms with van der Waals surface area (Å²) >= 11 is 0. The van der Waals surface area contributed by atoms with Crippen molar-refractivity contribution >= 4 is 38.9 Å². The monoisotopic (exact) mass is 290 g/mol. The molecule has 0 spiro atoms. The van der Waals surface area contributed by atoms with Gasteiger partial charge in [0, 0.05) is 38.9 Å². The molecule has 15 heavy (non-hydrogen) atoms. The van der Waals surface area contributed by atoms with E-state index in [4.69, 9.17) is 0 Å². The lowest BCUT2D eigenvalue weighted by Gasteiger charge is -2.41. The molecule has 0 amide bonds. The summed E-state index contributed by atoms with van der Waals surface area (Å²) in [5.74, 6) is 0. The van der Waals surface area contributed by atoms with Crippen LogP contribution in [0.4, 0.5) is 0 Å². The second-order valence-electron chi connectivity index (χ2n) is 7.80. The summed E-state index contributed by atoms with van der Waals surface area (Å²) in [6.07, 6.45) is 0. The van der Waals surface area contributed by atoms with E-state index in [1.54, 1.807) is 11.3 Å². The van der Waals surface area contributed by atoms with Crippen molar-refractivity contribution in [3.8, 4) is 0 Å². The highest BCUT2D eigenvalue weighted by molar-refractivity contribution is 7.68. The van der Waals surface area contributed by atoms with Crippen molar-refractivity contribution in [3.05, 3.63) is 0 Å². The highest BCUT2D eigenvalue weighted by Crippen LogP contribution is 2.36. The Morgan fingerprint density at radius 1 is 0.733 bits per heavy atom. The number of rotatable bonds is 0. The quantitative estimate of drug-likeness (QED) is 0.601. The Kier molecular flexibility index (Phi) is 3.85. The Hall–Kier alpha value is 1.08. The minimum atomic E-state index is -0.786. The summed E-state index contributed by atoms with van der Waals surface area (Å²) in [7, 11) is -2.92. The van der Waals surface area contributed by atoms with E-state index in [0.29, 0.717) is 0 Å². The molecule has 1 aliphatic rings. The normalized spacial score (nSPS) is 38.4. The van der Waals surface area contributed by atoms with Crippen LogP contribution in [0.5, 0.6) is 0 Å². The Morgan fingerprint density at radius 3 is 1.67 bits per heavy atom. The van der Waals surface area contributed by atoms with Gasteiger partial charge in [-0.15, -0.1) is 0 Å².